The largest absolute Gasteiger partial charge is 0.315 e. The van der Waals surface area contributed by atoms with Crippen LogP contribution in [0.1, 0.15) is 58.6 Å². The molecule has 0 radical (unpaired) electrons. The van der Waals surface area contributed by atoms with E-state index in [4.69, 9.17) is 0 Å². The summed E-state index contributed by atoms with van der Waals surface area (Å²) >= 11 is 0. The van der Waals surface area contributed by atoms with Crippen molar-refractivity contribution in [2.24, 2.45) is 0 Å². The van der Waals surface area contributed by atoms with Gasteiger partial charge in [0.05, 0.1) is 0 Å². The van der Waals surface area contributed by atoms with Gasteiger partial charge in [0.1, 0.15) is 0 Å². The van der Waals surface area contributed by atoms with Crippen molar-refractivity contribution in [2.45, 2.75) is 65.3 Å². The van der Waals surface area contributed by atoms with E-state index in [1.807, 2.05) is 0 Å². The molecule has 1 aromatic rings. The van der Waals surface area contributed by atoms with Crippen LogP contribution in [0.2, 0.25) is 0 Å². The summed E-state index contributed by atoms with van der Waals surface area (Å²) in [5.41, 5.74) is 3.15. The van der Waals surface area contributed by atoms with Crippen LogP contribution in [-0.4, -0.2) is 12.6 Å². The Morgan fingerprint density at radius 1 is 1.00 bits per heavy atom. The number of hydrogen-bond acceptors (Lipinski definition) is 1. The molecule has 1 aromatic carbocycles. The third-order valence-corrected chi connectivity index (χ3v) is 3.26. The fourth-order valence-electron chi connectivity index (χ4n) is 2.02. The Morgan fingerprint density at radius 2 is 1.61 bits per heavy atom. The Balaban J connectivity index is 2.31. The number of nitrogens with one attached hydrogen (secondary N) is 1. The second kappa shape index (κ2) is 6.94. The third-order valence-electron chi connectivity index (χ3n) is 3.26. The van der Waals surface area contributed by atoms with Gasteiger partial charge in [-0.25, -0.2) is 0 Å². The van der Waals surface area contributed by atoms with E-state index in [1.54, 1.807) is 0 Å². The third kappa shape index (κ3) is 5.68. The SMILES string of the molecule is CC(C)NCCCCc1ccc(C(C)(C)C)cc1. The summed E-state index contributed by atoms with van der Waals surface area (Å²) in [6.45, 7) is 12.3. The molecule has 1 rings (SSSR count). The fraction of sp³-hybridized carbons (Fsp3) is 0.647. The molecule has 0 heterocycles. The lowest BCUT2D eigenvalue weighted by Crippen LogP contribution is -2.23. The molecule has 0 aliphatic heterocycles. The quantitative estimate of drug-likeness (QED) is 0.739. The molecule has 0 aliphatic rings. The van der Waals surface area contributed by atoms with Gasteiger partial charge in [-0.2, -0.15) is 0 Å². The highest BCUT2D eigenvalue weighted by Gasteiger charge is 2.12. The van der Waals surface area contributed by atoms with E-state index < -0.39 is 0 Å². The predicted molar refractivity (Wildman–Crippen MR) is 81.2 cm³/mol. The lowest BCUT2D eigenvalue weighted by atomic mass is 9.86. The highest BCUT2D eigenvalue weighted by molar-refractivity contribution is 5.27. The van der Waals surface area contributed by atoms with Gasteiger partial charge >= 0.3 is 0 Å². The van der Waals surface area contributed by atoms with Gasteiger partial charge in [0.2, 0.25) is 0 Å². The van der Waals surface area contributed by atoms with E-state index in [9.17, 15) is 0 Å². The molecule has 0 spiro atoms. The summed E-state index contributed by atoms with van der Waals surface area (Å²) in [6.07, 6.45) is 3.73. The average molecular weight is 247 g/mol. The maximum Gasteiger partial charge on any atom is 0.00103 e. The standard InChI is InChI=1S/C17H29N/c1-14(2)18-13-7-6-8-15-9-11-16(12-10-15)17(3,4)5/h9-12,14,18H,6-8,13H2,1-5H3. The molecule has 0 saturated carbocycles. The molecule has 1 N–H and O–H groups in total. The van der Waals surface area contributed by atoms with Crippen molar-refractivity contribution >= 4 is 0 Å². The van der Waals surface area contributed by atoms with E-state index in [0.717, 1.165) is 6.54 Å². The van der Waals surface area contributed by atoms with Crippen molar-refractivity contribution in [3.63, 3.8) is 0 Å². The van der Waals surface area contributed by atoms with Crippen LogP contribution in [0.3, 0.4) is 0 Å². The van der Waals surface area contributed by atoms with Crippen LogP contribution in [0.15, 0.2) is 24.3 Å². The van der Waals surface area contributed by atoms with Crippen LogP contribution in [0.4, 0.5) is 0 Å². The summed E-state index contributed by atoms with van der Waals surface area (Å²) < 4.78 is 0. The van der Waals surface area contributed by atoms with Crippen LogP contribution < -0.4 is 5.32 Å². The summed E-state index contributed by atoms with van der Waals surface area (Å²) in [4.78, 5) is 0. The Morgan fingerprint density at radius 3 is 2.11 bits per heavy atom. The minimum Gasteiger partial charge on any atom is -0.315 e. The van der Waals surface area contributed by atoms with Gasteiger partial charge in [0.15, 0.2) is 0 Å². The molecule has 0 bridgehead atoms. The summed E-state index contributed by atoms with van der Waals surface area (Å²) in [5, 5.41) is 3.46. The average Bonchev–Trinajstić information content (AvgIpc) is 2.27. The number of unbranched alkanes of at least 4 members (excludes halogenated alkanes) is 1. The summed E-state index contributed by atoms with van der Waals surface area (Å²) in [5.74, 6) is 0. The van der Waals surface area contributed by atoms with E-state index in [-0.39, 0.29) is 5.41 Å². The Bertz CT molecular complexity index is 330. The zero-order chi connectivity index (χ0) is 13.6. The Hall–Kier alpha value is -0.820. The van der Waals surface area contributed by atoms with Crippen molar-refractivity contribution in [1.82, 2.24) is 5.32 Å². The monoisotopic (exact) mass is 247 g/mol. The number of aryl methyl sites for hydroxylation is 1. The molecule has 0 atom stereocenters. The van der Waals surface area contributed by atoms with Gasteiger partial charge in [-0.3, -0.25) is 0 Å². The second-order valence-electron chi connectivity index (χ2n) is 6.51. The smallest absolute Gasteiger partial charge is 0.00103 e. The molecule has 18 heavy (non-hydrogen) atoms. The second-order valence-corrected chi connectivity index (χ2v) is 6.51. The lowest BCUT2D eigenvalue weighted by molar-refractivity contribution is 0.557. The zero-order valence-electron chi connectivity index (χ0n) is 12.7. The minimum atomic E-state index is 0.264. The van der Waals surface area contributed by atoms with E-state index in [2.05, 4.69) is 64.2 Å². The molecule has 0 fully saturated rings. The highest BCUT2D eigenvalue weighted by Crippen LogP contribution is 2.22. The molecule has 102 valence electrons. The van der Waals surface area contributed by atoms with Crippen LogP contribution in [0.25, 0.3) is 0 Å². The summed E-state index contributed by atoms with van der Waals surface area (Å²) in [7, 11) is 0. The van der Waals surface area contributed by atoms with Crippen molar-refractivity contribution in [3.8, 4) is 0 Å². The van der Waals surface area contributed by atoms with Gasteiger partial charge in [0.25, 0.3) is 0 Å². The first-order valence-corrected chi connectivity index (χ1v) is 7.22. The van der Waals surface area contributed by atoms with Crippen LogP contribution >= 0.6 is 0 Å². The van der Waals surface area contributed by atoms with Crippen LogP contribution in [0, 0.1) is 0 Å². The molecule has 0 unspecified atom stereocenters. The molecule has 0 aliphatic carbocycles. The molecule has 0 amide bonds. The topological polar surface area (TPSA) is 12.0 Å². The van der Waals surface area contributed by atoms with E-state index in [1.165, 1.54) is 30.4 Å². The predicted octanol–water partition coefficient (Wildman–Crippen LogP) is 4.30. The van der Waals surface area contributed by atoms with Crippen molar-refractivity contribution in [3.05, 3.63) is 35.4 Å². The van der Waals surface area contributed by atoms with Crippen molar-refractivity contribution < 1.29 is 0 Å². The maximum atomic E-state index is 3.46. The van der Waals surface area contributed by atoms with Gasteiger partial charge in [-0.1, -0.05) is 58.9 Å². The van der Waals surface area contributed by atoms with Gasteiger partial charge < -0.3 is 5.32 Å². The fourth-order valence-corrected chi connectivity index (χ4v) is 2.02. The Labute approximate surface area is 113 Å². The van der Waals surface area contributed by atoms with Gasteiger partial charge in [0, 0.05) is 6.04 Å². The highest BCUT2D eigenvalue weighted by atomic mass is 14.9. The molecule has 1 heteroatoms. The summed E-state index contributed by atoms with van der Waals surface area (Å²) in [6, 6.07) is 9.74. The number of rotatable bonds is 6. The minimum absolute atomic E-state index is 0.264. The lowest BCUT2D eigenvalue weighted by Gasteiger charge is -2.19. The maximum absolute atomic E-state index is 3.46. The Kier molecular flexibility index (Phi) is 5.87. The van der Waals surface area contributed by atoms with Crippen LogP contribution in [0.5, 0.6) is 0 Å². The number of hydrogen-bond donors (Lipinski definition) is 1. The van der Waals surface area contributed by atoms with E-state index in [0.29, 0.717) is 6.04 Å². The number of benzene rings is 1. The zero-order valence-corrected chi connectivity index (χ0v) is 12.7. The van der Waals surface area contributed by atoms with Gasteiger partial charge in [-0.15, -0.1) is 0 Å². The molecular formula is C17H29N. The first-order chi connectivity index (χ1) is 8.39. The van der Waals surface area contributed by atoms with Gasteiger partial charge in [-0.05, 0) is 42.3 Å². The van der Waals surface area contributed by atoms with E-state index >= 15 is 0 Å². The van der Waals surface area contributed by atoms with Crippen molar-refractivity contribution in [1.29, 1.82) is 0 Å². The molecule has 0 saturated heterocycles. The first-order valence-electron chi connectivity index (χ1n) is 7.22. The normalized spacial score (nSPS) is 12.1. The molecular weight excluding hydrogens is 218 g/mol. The van der Waals surface area contributed by atoms with Crippen molar-refractivity contribution in [2.75, 3.05) is 6.54 Å². The molecule has 0 aromatic heterocycles. The molecule has 1 nitrogen and oxygen atoms in total. The first kappa shape index (κ1) is 15.2. The van der Waals surface area contributed by atoms with Crippen LogP contribution in [-0.2, 0) is 11.8 Å².